The lowest BCUT2D eigenvalue weighted by Crippen LogP contribution is -2.65. The fourth-order valence-corrected chi connectivity index (χ4v) is 16.1. The Bertz CT molecular complexity index is 816. The van der Waals surface area contributed by atoms with E-state index in [9.17, 15) is 4.79 Å². The summed E-state index contributed by atoms with van der Waals surface area (Å²) in [5.41, 5.74) is 6.07. The lowest BCUT2D eigenvalue weighted by molar-refractivity contribution is -0.0568. The fourth-order valence-electron chi connectivity index (χ4n) is 4.86. The molecule has 2 aliphatic rings. The van der Waals surface area contributed by atoms with Crippen molar-refractivity contribution in [2.45, 2.75) is 102 Å². The first-order chi connectivity index (χ1) is 14.4. The molecule has 0 spiro atoms. The van der Waals surface area contributed by atoms with Crippen LogP contribution in [0.15, 0.2) is 11.1 Å². The molecule has 2 N–H and O–H groups in total. The van der Waals surface area contributed by atoms with Gasteiger partial charge in [-0.25, -0.2) is 9.78 Å². The van der Waals surface area contributed by atoms with Crippen LogP contribution in [-0.4, -0.2) is 50.5 Å². The number of ether oxygens (including phenoxy) is 1. The van der Waals surface area contributed by atoms with Gasteiger partial charge in [0.15, 0.2) is 0 Å². The van der Waals surface area contributed by atoms with E-state index < -0.39 is 29.0 Å². The van der Waals surface area contributed by atoms with Crippen LogP contribution in [0.3, 0.4) is 0 Å². The van der Waals surface area contributed by atoms with Gasteiger partial charge in [0.05, 0.1) is 12.7 Å². The van der Waals surface area contributed by atoms with E-state index in [1.165, 1.54) is 10.9 Å². The van der Waals surface area contributed by atoms with Crippen LogP contribution in [0.2, 0.25) is 22.2 Å². The van der Waals surface area contributed by atoms with Gasteiger partial charge in [-0.15, -0.1) is 0 Å². The molecule has 1 aromatic heterocycles. The second-order valence-corrected chi connectivity index (χ2v) is 18.7. The number of fused-ring (bicyclic) bond motifs is 1. The zero-order valence-corrected chi connectivity index (χ0v) is 22.0. The molecule has 2 aliphatic heterocycles. The summed E-state index contributed by atoms with van der Waals surface area (Å²) in [6.45, 7) is 17.9. The van der Waals surface area contributed by atoms with Crippen molar-refractivity contribution < 1.29 is 17.7 Å². The molecular formula is C20H38N4O5Si2. The maximum atomic E-state index is 12.4. The first kappa shape index (κ1) is 24.5. The van der Waals surface area contributed by atoms with Crippen molar-refractivity contribution in [2.24, 2.45) is 0 Å². The predicted octanol–water partition coefficient (Wildman–Crippen LogP) is 3.46. The number of anilines is 1. The maximum Gasteiger partial charge on any atom is 0.354 e. The van der Waals surface area contributed by atoms with Crippen molar-refractivity contribution in [3.63, 3.8) is 0 Å². The molecule has 3 heterocycles. The van der Waals surface area contributed by atoms with Gasteiger partial charge in [0.2, 0.25) is 5.95 Å². The molecule has 3 rings (SSSR count). The first-order valence-corrected chi connectivity index (χ1v) is 15.2. The van der Waals surface area contributed by atoms with Crippen molar-refractivity contribution >= 4 is 23.1 Å². The molecule has 0 amide bonds. The lowest BCUT2D eigenvalue weighted by atomic mass is 10.2. The monoisotopic (exact) mass is 470 g/mol. The Morgan fingerprint density at radius 3 is 2.10 bits per heavy atom. The molecule has 31 heavy (non-hydrogen) atoms. The Labute approximate surface area is 187 Å². The van der Waals surface area contributed by atoms with Crippen LogP contribution >= 0.6 is 0 Å². The van der Waals surface area contributed by atoms with E-state index in [0.717, 1.165) is 0 Å². The summed E-state index contributed by atoms with van der Waals surface area (Å²) < 4.78 is 28.5. The summed E-state index contributed by atoms with van der Waals surface area (Å²) >= 11 is 0. The third-order valence-electron chi connectivity index (χ3n) is 6.58. The van der Waals surface area contributed by atoms with Crippen LogP contribution in [0.4, 0.5) is 5.95 Å². The minimum Gasteiger partial charge on any atom is -0.414 e. The molecule has 0 bridgehead atoms. The van der Waals surface area contributed by atoms with Crippen LogP contribution in [0.1, 0.15) is 68.0 Å². The van der Waals surface area contributed by atoms with Crippen LogP contribution in [-0.2, 0) is 17.7 Å². The highest BCUT2D eigenvalue weighted by Crippen LogP contribution is 2.48. The largest absolute Gasteiger partial charge is 0.414 e. The number of rotatable bonds is 5. The second kappa shape index (κ2) is 9.02. The van der Waals surface area contributed by atoms with Crippen molar-refractivity contribution in [3.05, 3.63) is 16.8 Å². The minimum atomic E-state index is -2.70. The van der Waals surface area contributed by atoms with Gasteiger partial charge in [-0.3, -0.25) is 4.57 Å². The Morgan fingerprint density at radius 2 is 1.58 bits per heavy atom. The molecule has 1 unspecified atom stereocenters. The van der Waals surface area contributed by atoms with Crippen LogP contribution in [0.25, 0.3) is 0 Å². The average Bonchev–Trinajstić information content (AvgIpc) is 3.02. The highest BCUT2D eigenvalue weighted by atomic mass is 28.5. The number of nitrogen functional groups attached to an aromatic ring is 1. The van der Waals surface area contributed by atoms with Crippen LogP contribution < -0.4 is 11.4 Å². The minimum absolute atomic E-state index is 0.0473. The quantitative estimate of drug-likeness (QED) is 0.651. The van der Waals surface area contributed by atoms with Gasteiger partial charge in [-0.2, -0.15) is 4.98 Å². The normalized spacial score (nSPS) is 28.2. The van der Waals surface area contributed by atoms with Gasteiger partial charge in [0.1, 0.15) is 18.7 Å². The standard InChI is InChI=1S/C20H38N4O5Si2/c1-12(2)30(13(3)4)26-10-17-16(28-31(29-30,14(5)6)15(7)8)9-18(27-17)24-11-22-19(21)23-20(24)25/h11-18H,9-10H2,1-8H3,(H2,21,23,25)/t16?,17-,18-/m0/s1. The average molecular weight is 471 g/mol. The molecule has 0 aromatic carbocycles. The molecule has 11 heteroatoms. The third-order valence-corrected chi connectivity index (χ3v) is 16.9. The number of aromatic nitrogens is 3. The van der Waals surface area contributed by atoms with E-state index in [0.29, 0.717) is 13.0 Å². The van der Waals surface area contributed by atoms with E-state index >= 15 is 0 Å². The number of hydrogen-bond donors (Lipinski definition) is 1. The van der Waals surface area contributed by atoms with Gasteiger partial charge < -0.3 is 23.4 Å². The van der Waals surface area contributed by atoms with Crippen molar-refractivity contribution in [3.8, 4) is 0 Å². The Kier molecular flexibility index (Phi) is 7.14. The van der Waals surface area contributed by atoms with Crippen LogP contribution in [0.5, 0.6) is 0 Å². The van der Waals surface area contributed by atoms with Crippen molar-refractivity contribution in [1.82, 2.24) is 14.5 Å². The number of hydrogen-bond acceptors (Lipinski definition) is 8. The van der Waals surface area contributed by atoms with Gasteiger partial charge in [-0.05, 0) is 22.2 Å². The summed E-state index contributed by atoms with van der Waals surface area (Å²) in [7, 11) is -5.32. The summed E-state index contributed by atoms with van der Waals surface area (Å²) in [4.78, 5) is 20.1. The Morgan fingerprint density at radius 1 is 1.00 bits per heavy atom. The molecular weight excluding hydrogens is 432 g/mol. The van der Waals surface area contributed by atoms with E-state index in [1.807, 2.05) is 0 Å². The summed E-state index contributed by atoms with van der Waals surface area (Å²) in [6, 6.07) is 0. The lowest BCUT2D eigenvalue weighted by Gasteiger charge is -2.51. The molecule has 0 aliphatic carbocycles. The summed E-state index contributed by atoms with van der Waals surface area (Å²) in [5.74, 6) is -0.0473. The maximum absolute atomic E-state index is 12.4. The van der Waals surface area contributed by atoms with E-state index in [4.69, 9.17) is 23.4 Å². The van der Waals surface area contributed by atoms with Gasteiger partial charge in [-0.1, -0.05) is 55.4 Å². The Hall–Kier alpha value is -1.12. The topological polar surface area (TPSA) is 111 Å². The van der Waals surface area contributed by atoms with Crippen molar-refractivity contribution in [2.75, 3.05) is 12.3 Å². The van der Waals surface area contributed by atoms with E-state index in [1.54, 1.807) is 0 Å². The van der Waals surface area contributed by atoms with E-state index in [-0.39, 0.29) is 40.3 Å². The smallest absolute Gasteiger partial charge is 0.354 e. The Balaban J connectivity index is 2.01. The highest BCUT2D eigenvalue weighted by molar-refractivity contribution is 6.83. The van der Waals surface area contributed by atoms with Crippen LogP contribution in [0, 0.1) is 0 Å². The third kappa shape index (κ3) is 4.40. The SMILES string of the molecule is CC(C)[Si]1(C(C)C)OC[C@@H]2O[C@H](n3cnc(N)nc3=O)CC2O[Si](C(C)C)(C(C)C)O1. The molecule has 0 saturated carbocycles. The van der Waals surface area contributed by atoms with Gasteiger partial charge in [0, 0.05) is 6.42 Å². The highest BCUT2D eigenvalue weighted by Gasteiger charge is 2.60. The molecule has 3 atom stereocenters. The molecule has 2 fully saturated rings. The molecule has 176 valence electrons. The fraction of sp³-hybridized carbons (Fsp3) is 0.850. The first-order valence-electron chi connectivity index (χ1n) is 11.3. The second-order valence-electron chi connectivity index (χ2n) is 9.90. The zero-order valence-electron chi connectivity index (χ0n) is 20.0. The molecule has 9 nitrogen and oxygen atoms in total. The summed E-state index contributed by atoms with van der Waals surface area (Å²) in [6.07, 6.45) is 0.869. The zero-order chi connectivity index (χ0) is 23.1. The molecule has 1 aromatic rings. The molecule has 0 radical (unpaired) electrons. The summed E-state index contributed by atoms with van der Waals surface area (Å²) in [5, 5.41) is 0. The van der Waals surface area contributed by atoms with Gasteiger partial charge in [0.25, 0.3) is 0 Å². The molecule has 2 saturated heterocycles. The van der Waals surface area contributed by atoms with Crippen molar-refractivity contribution in [1.29, 1.82) is 0 Å². The predicted molar refractivity (Wildman–Crippen MR) is 123 cm³/mol. The van der Waals surface area contributed by atoms with E-state index in [2.05, 4.69) is 65.4 Å². The van der Waals surface area contributed by atoms with Gasteiger partial charge >= 0.3 is 22.8 Å². The number of nitrogens with zero attached hydrogens (tertiary/aromatic N) is 3. The number of nitrogens with two attached hydrogens (primary N) is 1.